The highest BCUT2D eigenvalue weighted by molar-refractivity contribution is 7.99. The van der Waals surface area contributed by atoms with Crippen molar-refractivity contribution in [1.82, 2.24) is 5.32 Å². The standard InChI is InChI=1S/C13H17NO2S2/c1-10(17-2)9-14-13(16)12-11(6-8-18-12)5-3-4-7-15/h6,8,10,15H,4,7,9H2,1-2H3,(H,14,16). The molecule has 1 rings (SSSR count). The van der Waals surface area contributed by atoms with E-state index in [0.717, 1.165) is 5.56 Å². The first-order valence-electron chi connectivity index (χ1n) is 5.67. The van der Waals surface area contributed by atoms with E-state index in [0.29, 0.717) is 23.1 Å². The summed E-state index contributed by atoms with van der Waals surface area (Å²) >= 11 is 3.11. The van der Waals surface area contributed by atoms with Crippen molar-refractivity contribution in [1.29, 1.82) is 0 Å². The van der Waals surface area contributed by atoms with Crippen LogP contribution in [0.3, 0.4) is 0 Å². The lowest BCUT2D eigenvalue weighted by Gasteiger charge is -2.09. The van der Waals surface area contributed by atoms with Crippen LogP contribution in [0.25, 0.3) is 0 Å². The predicted molar refractivity (Wildman–Crippen MR) is 78.2 cm³/mol. The third-order valence-electron chi connectivity index (χ3n) is 2.28. The average molecular weight is 283 g/mol. The topological polar surface area (TPSA) is 49.3 Å². The number of thioether (sulfide) groups is 1. The Kier molecular flexibility index (Phi) is 6.88. The number of nitrogens with one attached hydrogen (secondary N) is 1. The lowest BCUT2D eigenvalue weighted by atomic mass is 10.2. The van der Waals surface area contributed by atoms with Gasteiger partial charge in [-0.3, -0.25) is 4.79 Å². The molecule has 3 nitrogen and oxygen atoms in total. The van der Waals surface area contributed by atoms with Crippen molar-refractivity contribution < 1.29 is 9.90 Å². The Hall–Kier alpha value is -0.960. The fourth-order valence-corrected chi connectivity index (χ4v) is 2.21. The van der Waals surface area contributed by atoms with E-state index in [4.69, 9.17) is 5.11 Å². The number of hydrogen-bond donors (Lipinski definition) is 2. The lowest BCUT2D eigenvalue weighted by molar-refractivity contribution is 0.0958. The number of hydrogen-bond acceptors (Lipinski definition) is 4. The molecule has 2 N–H and O–H groups in total. The van der Waals surface area contributed by atoms with Gasteiger partial charge in [0, 0.05) is 23.8 Å². The van der Waals surface area contributed by atoms with Gasteiger partial charge in [-0.2, -0.15) is 11.8 Å². The van der Waals surface area contributed by atoms with E-state index in [1.165, 1.54) is 11.3 Å². The Morgan fingerprint density at radius 3 is 3.11 bits per heavy atom. The summed E-state index contributed by atoms with van der Waals surface area (Å²) in [7, 11) is 0. The van der Waals surface area contributed by atoms with Crippen molar-refractivity contribution in [2.45, 2.75) is 18.6 Å². The maximum absolute atomic E-state index is 12.0. The van der Waals surface area contributed by atoms with E-state index in [1.54, 1.807) is 11.8 Å². The van der Waals surface area contributed by atoms with Gasteiger partial charge in [0.2, 0.25) is 0 Å². The van der Waals surface area contributed by atoms with Gasteiger partial charge >= 0.3 is 0 Å². The predicted octanol–water partition coefficient (Wildman–Crippen LogP) is 1.96. The molecular formula is C13H17NO2S2. The molecule has 0 aromatic carbocycles. The average Bonchev–Trinajstić information content (AvgIpc) is 2.84. The number of carbonyl (C=O) groups is 1. The van der Waals surface area contributed by atoms with Gasteiger partial charge in [0.25, 0.3) is 5.91 Å². The molecule has 0 saturated heterocycles. The third kappa shape index (κ3) is 4.73. The molecule has 0 spiro atoms. The summed E-state index contributed by atoms with van der Waals surface area (Å²) in [5.41, 5.74) is 0.739. The molecule has 0 saturated carbocycles. The van der Waals surface area contributed by atoms with Gasteiger partial charge < -0.3 is 10.4 Å². The molecule has 0 fully saturated rings. The second-order valence-corrected chi connectivity index (χ2v) is 5.89. The molecule has 0 radical (unpaired) electrons. The molecule has 0 aliphatic carbocycles. The van der Waals surface area contributed by atoms with Gasteiger partial charge in [-0.25, -0.2) is 0 Å². The maximum Gasteiger partial charge on any atom is 0.262 e. The normalized spacial score (nSPS) is 11.5. The van der Waals surface area contributed by atoms with E-state index < -0.39 is 0 Å². The van der Waals surface area contributed by atoms with Crippen LogP contribution in [0.4, 0.5) is 0 Å². The van der Waals surface area contributed by atoms with Crippen LogP contribution in [0.2, 0.25) is 0 Å². The van der Waals surface area contributed by atoms with E-state index in [1.807, 2.05) is 17.7 Å². The smallest absolute Gasteiger partial charge is 0.262 e. The highest BCUT2D eigenvalue weighted by Crippen LogP contribution is 2.16. The summed E-state index contributed by atoms with van der Waals surface area (Å²) in [5.74, 6) is 5.67. The quantitative estimate of drug-likeness (QED) is 0.812. The van der Waals surface area contributed by atoms with Crippen LogP contribution in [0.15, 0.2) is 11.4 Å². The molecule has 1 aromatic heterocycles. The van der Waals surface area contributed by atoms with Gasteiger partial charge in [0.1, 0.15) is 4.88 Å². The van der Waals surface area contributed by atoms with Crippen LogP contribution in [0.1, 0.15) is 28.6 Å². The Labute approximate surface area is 116 Å². The SMILES string of the molecule is CSC(C)CNC(=O)c1sccc1C#CCCO. The molecule has 98 valence electrons. The van der Waals surface area contributed by atoms with Crippen LogP contribution in [-0.2, 0) is 0 Å². The number of rotatable bonds is 5. The summed E-state index contributed by atoms with van der Waals surface area (Å²) < 4.78 is 0. The Bertz CT molecular complexity index is 445. The minimum atomic E-state index is -0.0702. The van der Waals surface area contributed by atoms with Gasteiger partial charge in [-0.15, -0.1) is 11.3 Å². The number of aliphatic hydroxyl groups excluding tert-OH is 1. The number of thiophene rings is 1. The van der Waals surface area contributed by atoms with Crippen LogP contribution < -0.4 is 5.32 Å². The zero-order valence-corrected chi connectivity index (χ0v) is 12.2. The molecule has 1 aromatic rings. The lowest BCUT2D eigenvalue weighted by Crippen LogP contribution is -2.29. The Morgan fingerprint density at radius 2 is 2.44 bits per heavy atom. The summed E-state index contributed by atoms with van der Waals surface area (Å²) in [6.07, 6.45) is 2.45. The number of carbonyl (C=O) groups excluding carboxylic acids is 1. The van der Waals surface area contributed by atoms with Gasteiger partial charge in [0.15, 0.2) is 0 Å². The van der Waals surface area contributed by atoms with Crippen molar-refractivity contribution in [2.24, 2.45) is 0 Å². The minimum absolute atomic E-state index is 0.0455. The summed E-state index contributed by atoms with van der Waals surface area (Å²) in [6.45, 7) is 2.77. The molecule has 1 atom stereocenters. The van der Waals surface area contributed by atoms with Crippen LogP contribution in [-0.4, -0.2) is 35.7 Å². The molecule has 18 heavy (non-hydrogen) atoms. The second kappa shape index (κ2) is 8.20. The highest BCUT2D eigenvalue weighted by Gasteiger charge is 2.12. The van der Waals surface area contributed by atoms with Gasteiger partial charge in [-0.1, -0.05) is 18.8 Å². The van der Waals surface area contributed by atoms with Gasteiger partial charge in [0.05, 0.1) is 6.61 Å². The van der Waals surface area contributed by atoms with Crippen LogP contribution in [0, 0.1) is 11.8 Å². The highest BCUT2D eigenvalue weighted by atomic mass is 32.2. The zero-order chi connectivity index (χ0) is 13.4. The van der Waals surface area contributed by atoms with E-state index in [2.05, 4.69) is 24.1 Å². The van der Waals surface area contributed by atoms with Crippen molar-refractivity contribution >= 4 is 29.0 Å². The maximum atomic E-state index is 12.0. The second-order valence-electron chi connectivity index (χ2n) is 3.70. The molecule has 1 amide bonds. The van der Waals surface area contributed by atoms with Crippen molar-refractivity contribution in [3.05, 3.63) is 21.9 Å². The minimum Gasteiger partial charge on any atom is -0.395 e. The van der Waals surface area contributed by atoms with E-state index >= 15 is 0 Å². The monoisotopic (exact) mass is 283 g/mol. The third-order valence-corrected chi connectivity index (χ3v) is 4.17. The first kappa shape index (κ1) is 15.1. The van der Waals surface area contributed by atoms with E-state index in [9.17, 15) is 4.79 Å². The molecule has 0 bridgehead atoms. The van der Waals surface area contributed by atoms with Gasteiger partial charge in [-0.05, 0) is 17.7 Å². The molecule has 0 aliphatic heterocycles. The van der Waals surface area contributed by atoms with Crippen molar-refractivity contribution in [3.8, 4) is 11.8 Å². The summed E-state index contributed by atoms with van der Waals surface area (Å²) in [6, 6.07) is 1.84. The first-order chi connectivity index (χ1) is 8.69. The fraction of sp³-hybridized carbons (Fsp3) is 0.462. The fourth-order valence-electron chi connectivity index (χ4n) is 1.20. The van der Waals surface area contributed by atoms with Crippen LogP contribution >= 0.6 is 23.1 Å². The first-order valence-corrected chi connectivity index (χ1v) is 7.84. The summed E-state index contributed by atoms with van der Waals surface area (Å²) in [5, 5.41) is 13.8. The van der Waals surface area contributed by atoms with Crippen molar-refractivity contribution in [2.75, 3.05) is 19.4 Å². The largest absolute Gasteiger partial charge is 0.395 e. The van der Waals surface area contributed by atoms with Crippen LogP contribution in [0.5, 0.6) is 0 Å². The summed E-state index contributed by atoms with van der Waals surface area (Å²) in [4.78, 5) is 12.6. The molecule has 1 unspecified atom stereocenters. The number of amides is 1. The molecule has 5 heteroatoms. The molecular weight excluding hydrogens is 266 g/mol. The zero-order valence-electron chi connectivity index (χ0n) is 10.5. The van der Waals surface area contributed by atoms with Crippen molar-refractivity contribution in [3.63, 3.8) is 0 Å². The Balaban J connectivity index is 2.64. The number of aliphatic hydroxyl groups is 1. The molecule has 1 heterocycles. The molecule has 0 aliphatic rings. The van der Waals surface area contributed by atoms with E-state index in [-0.39, 0.29) is 12.5 Å². The Morgan fingerprint density at radius 1 is 1.67 bits per heavy atom.